The van der Waals surface area contributed by atoms with Gasteiger partial charge in [-0.15, -0.1) is 0 Å². The zero-order valence-corrected chi connectivity index (χ0v) is 13.2. The van der Waals surface area contributed by atoms with Gasteiger partial charge in [-0.05, 0) is 54.3 Å². The number of aliphatic hydroxyl groups excluding tert-OH is 1. The highest BCUT2D eigenvalue weighted by Crippen LogP contribution is 2.34. The van der Waals surface area contributed by atoms with E-state index in [2.05, 4.69) is 4.72 Å². The topological polar surface area (TPSA) is 66.4 Å². The molecule has 2 aromatic rings. The molecule has 0 bridgehead atoms. The van der Waals surface area contributed by atoms with Crippen LogP contribution in [0.3, 0.4) is 0 Å². The van der Waals surface area contributed by atoms with Crippen LogP contribution >= 0.6 is 0 Å². The van der Waals surface area contributed by atoms with Crippen LogP contribution in [-0.4, -0.2) is 13.5 Å². The molecular formula is C16H14F3NO3S. The van der Waals surface area contributed by atoms with Crippen molar-refractivity contribution in [2.45, 2.75) is 30.0 Å². The van der Waals surface area contributed by atoms with Gasteiger partial charge < -0.3 is 5.11 Å². The van der Waals surface area contributed by atoms with Crippen molar-refractivity contribution in [2.24, 2.45) is 0 Å². The minimum Gasteiger partial charge on any atom is -0.388 e. The number of sulfonamides is 1. The minimum absolute atomic E-state index is 0.201. The van der Waals surface area contributed by atoms with E-state index in [9.17, 15) is 26.7 Å². The van der Waals surface area contributed by atoms with Crippen LogP contribution in [0.25, 0.3) is 0 Å². The van der Waals surface area contributed by atoms with Crippen molar-refractivity contribution in [3.63, 3.8) is 0 Å². The second kappa shape index (κ2) is 5.78. The van der Waals surface area contributed by atoms with Gasteiger partial charge in [0.15, 0.2) is 0 Å². The lowest BCUT2D eigenvalue weighted by Crippen LogP contribution is -2.15. The first kappa shape index (κ1) is 16.8. The van der Waals surface area contributed by atoms with Crippen LogP contribution in [0.1, 0.15) is 29.2 Å². The van der Waals surface area contributed by atoms with Gasteiger partial charge >= 0.3 is 6.18 Å². The Bertz CT molecular complexity index is 878. The van der Waals surface area contributed by atoms with Crippen LogP contribution in [0, 0.1) is 0 Å². The Labute approximate surface area is 137 Å². The lowest BCUT2D eigenvalue weighted by atomic mass is 10.1. The number of aliphatic hydroxyl groups is 1. The molecule has 3 rings (SSSR count). The zero-order chi connectivity index (χ0) is 17.5. The lowest BCUT2D eigenvalue weighted by Gasteiger charge is -2.12. The van der Waals surface area contributed by atoms with E-state index in [-0.39, 0.29) is 5.69 Å². The van der Waals surface area contributed by atoms with Crippen molar-refractivity contribution in [2.75, 3.05) is 4.72 Å². The molecule has 24 heavy (non-hydrogen) atoms. The summed E-state index contributed by atoms with van der Waals surface area (Å²) in [4.78, 5) is -0.474. The van der Waals surface area contributed by atoms with E-state index in [0.717, 1.165) is 23.8 Å². The molecule has 0 saturated carbocycles. The van der Waals surface area contributed by atoms with Crippen molar-refractivity contribution in [3.05, 3.63) is 59.2 Å². The summed E-state index contributed by atoms with van der Waals surface area (Å²) in [6.07, 6.45) is -4.00. The van der Waals surface area contributed by atoms with Gasteiger partial charge in [0.05, 0.1) is 16.6 Å². The lowest BCUT2D eigenvalue weighted by molar-refractivity contribution is -0.137. The van der Waals surface area contributed by atoms with E-state index < -0.39 is 32.8 Å². The van der Waals surface area contributed by atoms with Crippen LogP contribution < -0.4 is 4.72 Å². The number of anilines is 1. The fourth-order valence-corrected chi connectivity index (χ4v) is 3.79. The van der Waals surface area contributed by atoms with E-state index in [1.54, 1.807) is 6.07 Å². The standard InChI is InChI=1S/C16H14F3NO3S/c17-16(18,19)11-2-1-3-13(8-11)24(22,23)20-12-6-4-10-5-7-15(21)14(10)9-12/h1-4,6,8-9,15,20-21H,5,7H2. The molecule has 0 spiro atoms. The molecular weight excluding hydrogens is 343 g/mol. The van der Waals surface area contributed by atoms with E-state index >= 15 is 0 Å². The number of rotatable bonds is 3. The number of aryl methyl sites for hydroxylation is 1. The molecule has 0 heterocycles. The average molecular weight is 357 g/mol. The number of halogens is 3. The first-order valence-corrected chi connectivity index (χ1v) is 8.66. The van der Waals surface area contributed by atoms with Gasteiger partial charge in [-0.1, -0.05) is 12.1 Å². The van der Waals surface area contributed by atoms with E-state index in [1.165, 1.54) is 12.1 Å². The summed E-state index contributed by atoms with van der Waals surface area (Å²) in [6.45, 7) is 0. The van der Waals surface area contributed by atoms with E-state index in [1.807, 2.05) is 0 Å². The Morgan fingerprint density at radius 1 is 1.12 bits per heavy atom. The molecule has 0 aliphatic heterocycles. The highest BCUT2D eigenvalue weighted by Gasteiger charge is 2.31. The Morgan fingerprint density at radius 3 is 2.58 bits per heavy atom. The molecule has 8 heteroatoms. The van der Waals surface area contributed by atoms with Crippen molar-refractivity contribution < 1.29 is 26.7 Å². The van der Waals surface area contributed by atoms with Gasteiger partial charge in [-0.3, -0.25) is 4.72 Å². The molecule has 1 unspecified atom stereocenters. The highest BCUT2D eigenvalue weighted by atomic mass is 32.2. The first-order valence-electron chi connectivity index (χ1n) is 7.18. The molecule has 0 radical (unpaired) electrons. The van der Waals surface area contributed by atoms with Crippen LogP contribution in [-0.2, 0) is 22.6 Å². The smallest absolute Gasteiger partial charge is 0.388 e. The summed E-state index contributed by atoms with van der Waals surface area (Å²) >= 11 is 0. The number of alkyl halides is 3. The molecule has 2 aromatic carbocycles. The molecule has 2 N–H and O–H groups in total. The maximum absolute atomic E-state index is 12.7. The zero-order valence-electron chi connectivity index (χ0n) is 12.3. The Balaban J connectivity index is 1.91. The molecule has 1 aliphatic carbocycles. The van der Waals surface area contributed by atoms with Crippen molar-refractivity contribution in [1.29, 1.82) is 0 Å². The fourth-order valence-electron chi connectivity index (χ4n) is 2.70. The molecule has 4 nitrogen and oxygen atoms in total. The average Bonchev–Trinajstić information content (AvgIpc) is 2.87. The monoisotopic (exact) mass is 357 g/mol. The second-order valence-electron chi connectivity index (χ2n) is 5.60. The summed E-state index contributed by atoms with van der Waals surface area (Å²) in [5, 5.41) is 9.84. The molecule has 0 fully saturated rings. The van der Waals surface area contributed by atoms with Gasteiger partial charge in [-0.2, -0.15) is 13.2 Å². The minimum atomic E-state index is -4.62. The predicted octanol–water partition coefficient (Wildman–Crippen LogP) is 3.49. The van der Waals surface area contributed by atoms with E-state index in [0.29, 0.717) is 24.5 Å². The number of nitrogens with one attached hydrogen (secondary N) is 1. The third-order valence-corrected chi connectivity index (χ3v) is 5.29. The van der Waals surface area contributed by atoms with Crippen molar-refractivity contribution >= 4 is 15.7 Å². The van der Waals surface area contributed by atoms with Crippen LogP contribution in [0.5, 0.6) is 0 Å². The van der Waals surface area contributed by atoms with Crippen LogP contribution in [0.4, 0.5) is 18.9 Å². The largest absolute Gasteiger partial charge is 0.416 e. The van der Waals surface area contributed by atoms with Gasteiger partial charge in [0, 0.05) is 5.69 Å². The Kier molecular flexibility index (Phi) is 4.05. The maximum Gasteiger partial charge on any atom is 0.416 e. The van der Waals surface area contributed by atoms with Gasteiger partial charge in [0.2, 0.25) is 0 Å². The predicted molar refractivity (Wildman–Crippen MR) is 82.0 cm³/mol. The van der Waals surface area contributed by atoms with Crippen molar-refractivity contribution in [3.8, 4) is 0 Å². The molecule has 0 saturated heterocycles. The summed E-state index contributed by atoms with van der Waals surface area (Å²) in [5.74, 6) is 0. The molecule has 1 atom stereocenters. The summed E-state index contributed by atoms with van der Waals surface area (Å²) in [6, 6.07) is 8.29. The Morgan fingerprint density at radius 2 is 1.88 bits per heavy atom. The van der Waals surface area contributed by atoms with Gasteiger partial charge in [-0.25, -0.2) is 8.42 Å². The normalized spacial score (nSPS) is 17.6. The first-order chi connectivity index (χ1) is 11.2. The van der Waals surface area contributed by atoms with Crippen LogP contribution in [0.2, 0.25) is 0 Å². The maximum atomic E-state index is 12.7. The van der Waals surface area contributed by atoms with Gasteiger partial charge in [0.25, 0.3) is 10.0 Å². The molecule has 0 amide bonds. The third-order valence-electron chi connectivity index (χ3n) is 3.92. The second-order valence-corrected chi connectivity index (χ2v) is 7.28. The Hall–Kier alpha value is -2.06. The summed E-state index contributed by atoms with van der Waals surface area (Å²) < 4.78 is 65.1. The number of hydrogen-bond donors (Lipinski definition) is 2. The number of hydrogen-bond acceptors (Lipinski definition) is 3. The fraction of sp³-hybridized carbons (Fsp3) is 0.250. The van der Waals surface area contributed by atoms with Crippen molar-refractivity contribution in [1.82, 2.24) is 0 Å². The number of benzene rings is 2. The summed E-state index contributed by atoms with van der Waals surface area (Å²) in [5.41, 5.74) is 0.741. The van der Waals surface area contributed by atoms with Gasteiger partial charge in [0.1, 0.15) is 0 Å². The number of fused-ring (bicyclic) bond motifs is 1. The van der Waals surface area contributed by atoms with E-state index in [4.69, 9.17) is 0 Å². The highest BCUT2D eigenvalue weighted by molar-refractivity contribution is 7.92. The molecule has 0 aromatic heterocycles. The molecule has 1 aliphatic rings. The quantitative estimate of drug-likeness (QED) is 0.884. The molecule has 128 valence electrons. The van der Waals surface area contributed by atoms with Crippen LogP contribution in [0.15, 0.2) is 47.4 Å². The third kappa shape index (κ3) is 3.25. The SMILES string of the molecule is O=S(=O)(Nc1ccc2c(c1)C(O)CC2)c1cccc(C(F)(F)F)c1. The summed E-state index contributed by atoms with van der Waals surface area (Å²) in [7, 11) is -4.16.